The number of fused-ring (bicyclic) bond motifs is 1. The van der Waals surface area contributed by atoms with Crippen LogP contribution < -0.4 is 5.32 Å². The van der Waals surface area contributed by atoms with Crippen LogP contribution in [-0.4, -0.2) is 9.97 Å². The molecular formula is C13H13N3S. The Hall–Kier alpha value is -1.65. The molecular weight excluding hydrogens is 230 g/mol. The highest BCUT2D eigenvalue weighted by molar-refractivity contribution is 7.07. The van der Waals surface area contributed by atoms with E-state index in [1.165, 1.54) is 16.5 Å². The van der Waals surface area contributed by atoms with Crippen LogP contribution in [0, 0.1) is 0 Å². The molecule has 0 radical (unpaired) electrons. The summed E-state index contributed by atoms with van der Waals surface area (Å²) in [6, 6.07) is 6.22. The first-order valence-electron chi connectivity index (χ1n) is 5.56. The van der Waals surface area contributed by atoms with Crippen molar-refractivity contribution in [3.05, 3.63) is 52.5 Å². The maximum absolute atomic E-state index is 4.28. The van der Waals surface area contributed by atoms with Gasteiger partial charge in [0.1, 0.15) is 5.65 Å². The van der Waals surface area contributed by atoms with Gasteiger partial charge >= 0.3 is 0 Å². The summed E-state index contributed by atoms with van der Waals surface area (Å²) in [4.78, 5) is 7.46. The van der Waals surface area contributed by atoms with Crippen LogP contribution in [0.2, 0.25) is 0 Å². The van der Waals surface area contributed by atoms with Crippen LogP contribution in [0.3, 0.4) is 0 Å². The van der Waals surface area contributed by atoms with Crippen molar-refractivity contribution in [2.24, 2.45) is 0 Å². The van der Waals surface area contributed by atoms with Crippen molar-refractivity contribution in [2.75, 3.05) is 0 Å². The van der Waals surface area contributed by atoms with Crippen LogP contribution in [0.15, 0.2) is 41.4 Å². The first-order valence-corrected chi connectivity index (χ1v) is 6.50. The van der Waals surface area contributed by atoms with Crippen LogP contribution in [0.5, 0.6) is 0 Å². The predicted octanol–water partition coefficient (Wildman–Crippen LogP) is 2.91. The molecule has 0 saturated heterocycles. The third-order valence-corrected chi connectivity index (χ3v) is 3.49. The highest BCUT2D eigenvalue weighted by atomic mass is 32.1. The Labute approximate surface area is 104 Å². The fourth-order valence-electron chi connectivity index (χ4n) is 1.89. The summed E-state index contributed by atoms with van der Waals surface area (Å²) in [7, 11) is 0. The van der Waals surface area contributed by atoms with Gasteiger partial charge in [-0.25, -0.2) is 4.98 Å². The van der Waals surface area contributed by atoms with Gasteiger partial charge in [0, 0.05) is 30.9 Å². The van der Waals surface area contributed by atoms with Crippen molar-refractivity contribution in [1.82, 2.24) is 15.3 Å². The Balaban J connectivity index is 1.69. The molecule has 0 spiro atoms. The lowest BCUT2D eigenvalue weighted by atomic mass is 10.2. The molecule has 3 aromatic rings. The van der Waals surface area contributed by atoms with Gasteiger partial charge < -0.3 is 10.3 Å². The fourth-order valence-corrected chi connectivity index (χ4v) is 2.56. The summed E-state index contributed by atoms with van der Waals surface area (Å²) in [5.74, 6) is 0. The molecule has 0 amide bonds. The molecule has 17 heavy (non-hydrogen) atoms. The zero-order valence-electron chi connectivity index (χ0n) is 9.31. The van der Waals surface area contributed by atoms with Gasteiger partial charge in [0.2, 0.25) is 0 Å². The van der Waals surface area contributed by atoms with Crippen molar-refractivity contribution >= 4 is 22.4 Å². The van der Waals surface area contributed by atoms with E-state index in [0.717, 1.165) is 18.7 Å². The quantitative estimate of drug-likeness (QED) is 0.739. The molecule has 2 N–H and O–H groups in total. The number of aromatic nitrogens is 2. The van der Waals surface area contributed by atoms with Gasteiger partial charge in [0.15, 0.2) is 0 Å². The summed E-state index contributed by atoms with van der Waals surface area (Å²) in [5.41, 5.74) is 3.57. The Kier molecular flexibility index (Phi) is 2.90. The van der Waals surface area contributed by atoms with Crippen LogP contribution in [0.25, 0.3) is 11.0 Å². The largest absolute Gasteiger partial charge is 0.346 e. The number of aromatic amines is 1. The number of pyridine rings is 1. The van der Waals surface area contributed by atoms with Crippen LogP contribution in [0.1, 0.15) is 11.1 Å². The summed E-state index contributed by atoms with van der Waals surface area (Å²) in [6.07, 6.45) is 3.83. The van der Waals surface area contributed by atoms with Crippen LogP contribution in [0.4, 0.5) is 0 Å². The number of hydrogen-bond acceptors (Lipinski definition) is 3. The molecule has 0 atom stereocenters. The van der Waals surface area contributed by atoms with E-state index in [1.54, 1.807) is 17.5 Å². The van der Waals surface area contributed by atoms with Crippen LogP contribution in [-0.2, 0) is 13.1 Å². The molecule has 3 heterocycles. The molecule has 3 aromatic heterocycles. The summed E-state index contributed by atoms with van der Waals surface area (Å²) >= 11 is 1.73. The lowest BCUT2D eigenvalue weighted by molar-refractivity contribution is 0.698. The maximum atomic E-state index is 4.28. The van der Waals surface area contributed by atoms with Crippen molar-refractivity contribution in [3.63, 3.8) is 0 Å². The average Bonchev–Trinajstić information content (AvgIpc) is 2.99. The minimum Gasteiger partial charge on any atom is -0.346 e. The van der Waals surface area contributed by atoms with Crippen LogP contribution >= 0.6 is 11.3 Å². The molecule has 0 unspecified atom stereocenters. The Morgan fingerprint density at radius 1 is 1.29 bits per heavy atom. The second-order valence-electron chi connectivity index (χ2n) is 3.95. The molecule has 86 valence electrons. The molecule has 0 saturated carbocycles. The lowest BCUT2D eigenvalue weighted by Crippen LogP contribution is -2.11. The molecule has 3 nitrogen and oxygen atoms in total. The van der Waals surface area contributed by atoms with Gasteiger partial charge in [-0.2, -0.15) is 11.3 Å². The summed E-state index contributed by atoms with van der Waals surface area (Å²) < 4.78 is 0. The van der Waals surface area contributed by atoms with Crippen molar-refractivity contribution in [2.45, 2.75) is 13.1 Å². The fraction of sp³-hybridized carbons (Fsp3) is 0.154. The first-order chi connectivity index (χ1) is 8.43. The minimum atomic E-state index is 0.863. The molecule has 0 aliphatic carbocycles. The summed E-state index contributed by atoms with van der Waals surface area (Å²) in [6.45, 7) is 1.78. The standard InChI is InChI=1S/C13H13N3S/c1-2-12-11(8-16-13(12)15-4-1)7-14-6-10-3-5-17-9-10/h1-5,8-9,14H,6-7H2,(H,15,16). The molecule has 0 aromatic carbocycles. The number of nitrogens with zero attached hydrogens (tertiary/aromatic N) is 1. The van der Waals surface area contributed by atoms with E-state index in [2.05, 4.69) is 38.2 Å². The van der Waals surface area contributed by atoms with E-state index < -0.39 is 0 Å². The summed E-state index contributed by atoms with van der Waals surface area (Å²) in [5, 5.41) is 8.91. The number of hydrogen-bond donors (Lipinski definition) is 2. The first kappa shape index (κ1) is 10.5. The molecule has 0 fully saturated rings. The molecule has 0 bridgehead atoms. The highest BCUT2D eigenvalue weighted by Crippen LogP contribution is 2.15. The van der Waals surface area contributed by atoms with E-state index in [-0.39, 0.29) is 0 Å². The van der Waals surface area contributed by atoms with Gasteiger partial charge in [0.05, 0.1) is 0 Å². The third-order valence-electron chi connectivity index (χ3n) is 2.76. The second-order valence-corrected chi connectivity index (χ2v) is 4.73. The molecule has 0 aliphatic rings. The number of thiophene rings is 1. The molecule has 0 aliphatic heterocycles. The topological polar surface area (TPSA) is 40.7 Å². The third kappa shape index (κ3) is 2.23. The normalized spacial score (nSPS) is 11.1. The molecule has 4 heteroatoms. The SMILES string of the molecule is c1cnc2[nH]cc(CNCc3ccsc3)c2c1. The van der Waals surface area contributed by atoms with E-state index in [4.69, 9.17) is 0 Å². The van der Waals surface area contributed by atoms with Crippen molar-refractivity contribution in [3.8, 4) is 0 Å². The smallest absolute Gasteiger partial charge is 0.137 e. The Morgan fingerprint density at radius 2 is 2.29 bits per heavy atom. The van der Waals surface area contributed by atoms with Gasteiger partial charge in [-0.05, 0) is 40.1 Å². The maximum Gasteiger partial charge on any atom is 0.137 e. The van der Waals surface area contributed by atoms with E-state index in [1.807, 2.05) is 12.3 Å². The van der Waals surface area contributed by atoms with Gasteiger partial charge in [0.25, 0.3) is 0 Å². The van der Waals surface area contributed by atoms with Gasteiger partial charge in [-0.1, -0.05) is 0 Å². The second kappa shape index (κ2) is 4.69. The zero-order valence-corrected chi connectivity index (χ0v) is 10.1. The zero-order chi connectivity index (χ0) is 11.5. The lowest BCUT2D eigenvalue weighted by Gasteiger charge is -2.01. The van der Waals surface area contributed by atoms with Gasteiger partial charge in [-0.15, -0.1) is 0 Å². The Morgan fingerprint density at radius 3 is 3.18 bits per heavy atom. The Bertz CT molecular complexity index is 598. The predicted molar refractivity (Wildman–Crippen MR) is 71.0 cm³/mol. The number of nitrogens with one attached hydrogen (secondary N) is 2. The monoisotopic (exact) mass is 243 g/mol. The highest BCUT2D eigenvalue weighted by Gasteiger charge is 2.02. The number of rotatable bonds is 4. The van der Waals surface area contributed by atoms with E-state index >= 15 is 0 Å². The van der Waals surface area contributed by atoms with E-state index in [0.29, 0.717) is 0 Å². The number of H-pyrrole nitrogens is 1. The average molecular weight is 243 g/mol. The minimum absolute atomic E-state index is 0.863. The van der Waals surface area contributed by atoms with E-state index in [9.17, 15) is 0 Å². The van der Waals surface area contributed by atoms with Crippen molar-refractivity contribution in [1.29, 1.82) is 0 Å². The van der Waals surface area contributed by atoms with Crippen molar-refractivity contribution < 1.29 is 0 Å². The molecule has 3 rings (SSSR count). The van der Waals surface area contributed by atoms with Gasteiger partial charge in [-0.3, -0.25) is 0 Å².